The van der Waals surface area contributed by atoms with Crippen LogP contribution in [-0.4, -0.2) is 54.7 Å². The molecule has 1 unspecified atom stereocenters. The molecule has 7 rings (SSSR count). The molecule has 0 saturated carbocycles. The Balaban J connectivity index is 1.09. The summed E-state index contributed by atoms with van der Waals surface area (Å²) in [5.41, 5.74) is 7.44. The largest absolute Gasteiger partial charge is 0.456 e. The zero-order chi connectivity index (χ0) is 24.8. The molecule has 6 nitrogen and oxygen atoms in total. The smallest absolute Gasteiger partial charge is 0.295 e. The van der Waals surface area contributed by atoms with Gasteiger partial charge in [-0.05, 0) is 59.6 Å². The number of benzene rings is 3. The van der Waals surface area contributed by atoms with Gasteiger partial charge in [0.25, 0.3) is 6.01 Å². The van der Waals surface area contributed by atoms with Crippen LogP contribution in [0.15, 0.2) is 60.7 Å². The SMILES string of the molecule is Clc1cc2[nH]c(OC3CO[C@@H]4CCO[C@H]34)nc2cc1-c1ccc(-c2ccc(C3CCOCC3)cc2)cc1. The van der Waals surface area contributed by atoms with Gasteiger partial charge in [-0.1, -0.05) is 60.1 Å². The third kappa shape index (κ3) is 4.53. The van der Waals surface area contributed by atoms with Crippen LogP contribution in [0.3, 0.4) is 0 Å². The van der Waals surface area contributed by atoms with E-state index in [4.69, 9.17) is 30.5 Å². The summed E-state index contributed by atoms with van der Waals surface area (Å²) in [4.78, 5) is 7.92. The van der Waals surface area contributed by atoms with E-state index in [0.717, 1.165) is 54.6 Å². The van der Waals surface area contributed by atoms with Gasteiger partial charge in [0.15, 0.2) is 6.10 Å². The van der Waals surface area contributed by atoms with Crippen LogP contribution in [0.5, 0.6) is 6.01 Å². The summed E-state index contributed by atoms with van der Waals surface area (Å²) in [6.07, 6.45) is 3.08. The first kappa shape index (κ1) is 23.2. The number of nitrogens with one attached hydrogen (secondary N) is 1. The van der Waals surface area contributed by atoms with Crippen LogP contribution in [-0.2, 0) is 14.2 Å². The maximum atomic E-state index is 6.70. The van der Waals surface area contributed by atoms with Crippen LogP contribution in [0, 0.1) is 0 Å². The van der Waals surface area contributed by atoms with Gasteiger partial charge in [-0.2, -0.15) is 4.98 Å². The molecule has 4 aromatic rings. The number of hydrogen-bond acceptors (Lipinski definition) is 5. The molecule has 1 N–H and O–H groups in total. The monoisotopic (exact) mass is 516 g/mol. The Bertz CT molecular complexity index is 1400. The minimum atomic E-state index is -0.152. The van der Waals surface area contributed by atoms with Crippen molar-refractivity contribution in [3.63, 3.8) is 0 Å². The molecule has 0 amide bonds. The van der Waals surface area contributed by atoms with E-state index < -0.39 is 0 Å². The van der Waals surface area contributed by atoms with Crippen molar-refractivity contribution in [1.82, 2.24) is 9.97 Å². The zero-order valence-corrected chi connectivity index (χ0v) is 21.2. The van der Waals surface area contributed by atoms with Crippen molar-refractivity contribution in [2.24, 2.45) is 0 Å². The summed E-state index contributed by atoms with van der Waals surface area (Å²) < 4.78 is 23.2. The second-order valence-corrected chi connectivity index (χ2v) is 10.5. The first-order valence-corrected chi connectivity index (χ1v) is 13.5. The summed E-state index contributed by atoms with van der Waals surface area (Å²) in [5.74, 6) is 0.606. The Labute approximate surface area is 220 Å². The lowest BCUT2D eigenvalue weighted by molar-refractivity contribution is 0.0273. The molecular formula is C30H29ClN2O4. The van der Waals surface area contributed by atoms with E-state index in [1.54, 1.807) is 0 Å². The number of ether oxygens (including phenoxy) is 4. The number of aromatic amines is 1. The molecule has 3 atom stereocenters. The predicted molar refractivity (Wildman–Crippen MR) is 143 cm³/mol. The minimum Gasteiger partial charge on any atom is -0.456 e. The molecule has 0 bridgehead atoms. The van der Waals surface area contributed by atoms with Crippen molar-refractivity contribution in [3.8, 4) is 28.3 Å². The van der Waals surface area contributed by atoms with Crippen LogP contribution in [0.1, 0.15) is 30.7 Å². The molecule has 190 valence electrons. The fourth-order valence-corrected chi connectivity index (χ4v) is 6.05. The summed E-state index contributed by atoms with van der Waals surface area (Å²) >= 11 is 6.70. The average molecular weight is 517 g/mol. The molecule has 1 aromatic heterocycles. The number of fused-ring (bicyclic) bond motifs is 2. The lowest BCUT2D eigenvalue weighted by Crippen LogP contribution is -2.32. The van der Waals surface area contributed by atoms with Gasteiger partial charge >= 0.3 is 0 Å². The Hall–Kier alpha value is -2.90. The molecule has 3 fully saturated rings. The average Bonchev–Trinajstić information content (AvgIpc) is 3.66. The summed E-state index contributed by atoms with van der Waals surface area (Å²) in [7, 11) is 0. The highest BCUT2D eigenvalue weighted by Crippen LogP contribution is 2.35. The van der Waals surface area contributed by atoms with E-state index in [1.807, 2.05) is 12.1 Å². The lowest BCUT2D eigenvalue weighted by Gasteiger charge is -2.22. The van der Waals surface area contributed by atoms with Crippen LogP contribution >= 0.6 is 11.6 Å². The van der Waals surface area contributed by atoms with Crippen LogP contribution in [0.25, 0.3) is 33.3 Å². The Morgan fingerprint density at radius 1 is 0.838 bits per heavy atom. The molecule has 0 radical (unpaired) electrons. The van der Waals surface area contributed by atoms with Gasteiger partial charge < -0.3 is 23.9 Å². The number of halogens is 1. The summed E-state index contributed by atoms with van der Waals surface area (Å²) in [6.45, 7) is 2.96. The van der Waals surface area contributed by atoms with Crippen LogP contribution < -0.4 is 4.74 Å². The summed E-state index contributed by atoms with van der Waals surface area (Å²) in [5, 5.41) is 0.666. The number of imidazole rings is 1. The number of aromatic nitrogens is 2. The van der Waals surface area contributed by atoms with Crippen molar-refractivity contribution in [3.05, 3.63) is 71.2 Å². The molecular weight excluding hydrogens is 488 g/mol. The Morgan fingerprint density at radius 2 is 1.57 bits per heavy atom. The molecule has 3 aliphatic heterocycles. The van der Waals surface area contributed by atoms with Crippen molar-refractivity contribution in [2.45, 2.75) is 43.5 Å². The van der Waals surface area contributed by atoms with Gasteiger partial charge in [-0.15, -0.1) is 0 Å². The van der Waals surface area contributed by atoms with Crippen molar-refractivity contribution >= 4 is 22.6 Å². The molecule has 3 aliphatic rings. The number of rotatable bonds is 5. The van der Waals surface area contributed by atoms with Crippen LogP contribution in [0.2, 0.25) is 5.02 Å². The topological polar surface area (TPSA) is 65.6 Å². The number of nitrogens with zero attached hydrogens (tertiary/aromatic N) is 1. The summed E-state index contributed by atoms with van der Waals surface area (Å²) in [6, 6.07) is 21.9. The highest BCUT2D eigenvalue weighted by Gasteiger charge is 2.43. The standard InChI is InChI=1S/C30H29ClN2O4/c31-24-16-26-25(32-30(33-26)37-28-17-36-27-11-14-35-29(27)28)15-23(24)22-7-5-19(6-8-22)18-1-3-20(4-2-18)21-9-12-34-13-10-21/h1-8,15-16,21,27-29H,9-14,17H2,(H,32,33)/t27-,28?,29+/m1/s1. The maximum Gasteiger partial charge on any atom is 0.295 e. The lowest BCUT2D eigenvalue weighted by atomic mass is 9.90. The normalized spacial score (nSPS) is 24.0. The second kappa shape index (κ2) is 9.76. The van der Waals surface area contributed by atoms with Crippen LogP contribution in [0.4, 0.5) is 0 Å². The molecule has 3 saturated heterocycles. The van der Waals surface area contributed by atoms with E-state index in [9.17, 15) is 0 Å². The van der Waals surface area contributed by atoms with E-state index >= 15 is 0 Å². The third-order valence-corrected chi connectivity index (χ3v) is 8.18. The van der Waals surface area contributed by atoms with E-state index in [2.05, 4.69) is 58.5 Å². The van der Waals surface area contributed by atoms with Gasteiger partial charge in [0, 0.05) is 25.4 Å². The van der Waals surface area contributed by atoms with Crippen molar-refractivity contribution in [2.75, 3.05) is 26.4 Å². The molecule has 37 heavy (non-hydrogen) atoms. The van der Waals surface area contributed by atoms with E-state index in [-0.39, 0.29) is 18.3 Å². The van der Waals surface area contributed by atoms with E-state index in [0.29, 0.717) is 30.2 Å². The molecule has 0 aliphatic carbocycles. The molecule has 7 heteroatoms. The number of hydrogen-bond donors (Lipinski definition) is 1. The molecule has 3 aromatic carbocycles. The maximum absolute atomic E-state index is 6.70. The highest BCUT2D eigenvalue weighted by atomic mass is 35.5. The zero-order valence-electron chi connectivity index (χ0n) is 20.5. The predicted octanol–water partition coefficient (Wildman–Crippen LogP) is 6.38. The van der Waals surface area contributed by atoms with E-state index in [1.165, 1.54) is 16.7 Å². The Morgan fingerprint density at radius 3 is 2.35 bits per heavy atom. The quantitative estimate of drug-likeness (QED) is 0.333. The second-order valence-electron chi connectivity index (χ2n) is 10.1. The third-order valence-electron chi connectivity index (χ3n) is 7.86. The van der Waals surface area contributed by atoms with Crippen molar-refractivity contribution < 1.29 is 18.9 Å². The fraction of sp³-hybridized carbons (Fsp3) is 0.367. The minimum absolute atomic E-state index is 0.0241. The Kier molecular flexibility index (Phi) is 6.13. The highest BCUT2D eigenvalue weighted by molar-refractivity contribution is 6.34. The van der Waals surface area contributed by atoms with Crippen molar-refractivity contribution in [1.29, 1.82) is 0 Å². The molecule has 4 heterocycles. The van der Waals surface area contributed by atoms with Gasteiger partial charge in [-0.3, -0.25) is 0 Å². The van der Waals surface area contributed by atoms with Gasteiger partial charge in [0.1, 0.15) is 6.10 Å². The van der Waals surface area contributed by atoms with Gasteiger partial charge in [0.2, 0.25) is 0 Å². The first-order chi connectivity index (χ1) is 18.2. The van der Waals surface area contributed by atoms with Gasteiger partial charge in [-0.25, -0.2) is 0 Å². The fourth-order valence-electron chi connectivity index (χ4n) is 5.78. The van der Waals surface area contributed by atoms with Gasteiger partial charge in [0.05, 0.1) is 28.8 Å². The number of H-pyrrole nitrogens is 1. The molecule has 0 spiro atoms. The first-order valence-electron chi connectivity index (χ1n) is 13.1.